The Bertz CT molecular complexity index is 1120. The largest absolute Gasteiger partial charge is 0.507 e. The van der Waals surface area contributed by atoms with Crippen molar-refractivity contribution < 1.29 is 18.7 Å². The lowest BCUT2D eigenvalue weighted by Gasteiger charge is -2.35. The molecule has 2 aliphatic heterocycles. The van der Waals surface area contributed by atoms with Crippen LogP contribution >= 0.6 is 0 Å². The Hall–Kier alpha value is -3.11. The molecule has 1 aromatic heterocycles. The number of alkyl halides is 2. The zero-order valence-corrected chi connectivity index (χ0v) is 20.9. The minimum absolute atomic E-state index is 0.131. The van der Waals surface area contributed by atoms with E-state index in [1.54, 1.807) is 0 Å². The number of aryl methyl sites for hydroxylation is 1. The van der Waals surface area contributed by atoms with Crippen LogP contribution in [0.2, 0.25) is 0 Å². The van der Waals surface area contributed by atoms with Gasteiger partial charge in [0.25, 0.3) is 5.92 Å². The van der Waals surface area contributed by atoms with Gasteiger partial charge in [0.05, 0.1) is 12.2 Å². The molecule has 2 aliphatic rings. The number of nitrogens with zero attached hydrogens (tertiary/aromatic N) is 4. The van der Waals surface area contributed by atoms with Gasteiger partial charge in [0.2, 0.25) is 5.91 Å². The molecule has 8 nitrogen and oxygen atoms in total. The maximum atomic E-state index is 14.3. The van der Waals surface area contributed by atoms with Crippen molar-refractivity contribution in [3.63, 3.8) is 0 Å². The minimum atomic E-state index is -3.23. The van der Waals surface area contributed by atoms with Crippen molar-refractivity contribution in [2.24, 2.45) is 0 Å². The summed E-state index contributed by atoms with van der Waals surface area (Å²) in [6.45, 7) is 11.7. The lowest BCUT2D eigenvalue weighted by atomic mass is 9.98. The first-order chi connectivity index (χ1) is 17.1. The number of allylic oxidation sites excluding steroid dienone is 1. The van der Waals surface area contributed by atoms with Crippen LogP contribution in [0.5, 0.6) is 5.75 Å². The van der Waals surface area contributed by atoms with Crippen molar-refractivity contribution in [2.75, 3.05) is 51.1 Å². The van der Waals surface area contributed by atoms with Crippen molar-refractivity contribution in [2.45, 2.75) is 38.7 Å². The van der Waals surface area contributed by atoms with Crippen molar-refractivity contribution >= 4 is 11.7 Å². The lowest BCUT2D eigenvalue weighted by molar-refractivity contribution is -0.133. The molecule has 0 aliphatic carbocycles. The van der Waals surface area contributed by atoms with Crippen LogP contribution in [0, 0.1) is 6.92 Å². The highest BCUT2D eigenvalue weighted by atomic mass is 19.3. The predicted molar refractivity (Wildman–Crippen MR) is 135 cm³/mol. The maximum Gasteiger partial charge on any atom is 0.294 e. The Labute approximate surface area is 210 Å². The van der Waals surface area contributed by atoms with Crippen LogP contribution < -0.4 is 10.6 Å². The van der Waals surface area contributed by atoms with Crippen LogP contribution in [-0.4, -0.2) is 82.9 Å². The lowest BCUT2D eigenvalue weighted by Crippen LogP contribution is -2.51. The van der Waals surface area contributed by atoms with Gasteiger partial charge in [-0.05, 0) is 62.6 Å². The van der Waals surface area contributed by atoms with Gasteiger partial charge in [0, 0.05) is 49.9 Å². The van der Waals surface area contributed by atoms with Gasteiger partial charge in [0.15, 0.2) is 0 Å². The summed E-state index contributed by atoms with van der Waals surface area (Å²) in [6.07, 6.45) is 1.94. The fourth-order valence-corrected chi connectivity index (χ4v) is 4.73. The number of carbonyl (C=O) groups is 1. The number of phenolic OH excluding ortho intramolecular Hbond substituents is 1. The number of hydrogen-bond donors (Lipinski definition) is 3. The molecule has 4 rings (SSSR count). The number of anilines is 1. The number of halogens is 2. The van der Waals surface area contributed by atoms with E-state index in [1.807, 2.05) is 17.9 Å². The van der Waals surface area contributed by atoms with E-state index in [0.29, 0.717) is 23.6 Å². The molecule has 0 saturated carbocycles. The Kier molecular flexibility index (Phi) is 7.85. The van der Waals surface area contributed by atoms with E-state index in [1.165, 1.54) is 19.1 Å². The van der Waals surface area contributed by atoms with Crippen LogP contribution in [-0.2, 0) is 10.7 Å². The molecule has 3 heterocycles. The van der Waals surface area contributed by atoms with Crippen LogP contribution in [0.15, 0.2) is 36.4 Å². The molecule has 1 atom stereocenters. The number of aromatic nitrogens is 2. The first-order valence-corrected chi connectivity index (χ1v) is 12.3. The van der Waals surface area contributed by atoms with E-state index in [0.717, 1.165) is 63.7 Å². The number of nitrogens with one attached hydrogen (secondary N) is 2. The zero-order chi connectivity index (χ0) is 25.9. The van der Waals surface area contributed by atoms with E-state index in [4.69, 9.17) is 0 Å². The highest BCUT2D eigenvalue weighted by molar-refractivity contribution is 5.78. The number of phenols is 1. The van der Waals surface area contributed by atoms with Crippen molar-refractivity contribution in [3.05, 3.63) is 47.5 Å². The molecular weight excluding hydrogens is 466 g/mol. The summed E-state index contributed by atoms with van der Waals surface area (Å²) in [5.41, 5.74) is 0.898. The molecule has 0 radical (unpaired) electrons. The molecule has 0 unspecified atom stereocenters. The molecule has 194 valence electrons. The van der Waals surface area contributed by atoms with Crippen LogP contribution in [0.3, 0.4) is 0 Å². The Morgan fingerprint density at radius 2 is 2.00 bits per heavy atom. The van der Waals surface area contributed by atoms with Gasteiger partial charge < -0.3 is 20.6 Å². The number of hydrogen-bond acceptors (Lipinski definition) is 7. The summed E-state index contributed by atoms with van der Waals surface area (Å²) in [5.74, 6) is -2.75. The number of piperazine rings is 1. The molecule has 10 heteroatoms. The third-order valence-corrected chi connectivity index (χ3v) is 6.82. The Balaban J connectivity index is 1.40. The van der Waals surface area contributed by atoms with Crippen molar-refractivity contribution in [1.82, 2.24) is 25.3 Å². The summed E-state index contributed by atoms with van der Waals surface area (Å²) in [4.78, 5) is 16.7. The van der Waals surface area contributed by atoms with Crippen LogP contribution in [0.4, 0.5) is 14.6 Å². The fraction of sp³-hybridized carbons (Fsp3) is 0.500. The van der Waals surface area contributed by atoms with Gasteiger partial charge in [-0.3, -0.25) is 9.69 Å². The molecule has 1 aromatic carbocycles. The summed E-state index contributed by atoms with van der Waals surface area (Å²) in [6, 6.07) is 5.72. The zero-order valence-electron chi connectivity index (χ0n) is 20.9. The predicted octanol–water partition coefficient (Wildman–Crippen LogP) is 3.13. The fourth-order valence-electron chi connectivity index (χ4n) is 4.73. The van der Waals surface area contributed by atoms with Gasteiger partial charge in [-0.25, -0.2) is 0 Å². The molecular formula is C26H34F2N6O2. The highest BCUT2D eigenvalue weighted by Gasteiger charge is 2.33. The van der Waals surface area contributed by atoms with E-state index in [2.05, 4.69) is 32.3 Å². The topological polar surface area (TPSA) is 93.6 Å². The molecule has 2 saturated heterocycles. The summed E-state index contributed by atoms with van der Waals surface area (Å²) >= 11 is 0. The maximum absolute atomic E-state index is 14.3. The van der Waals surface area contributed by atoms with E-state index in [9.17, 15) is 18.7 Å². The smallest absolute Gasteiger partial charge is 0.294 e. The third-order valence-electron chi connectivity index (χ3n) is 6.82. The highest BCUT2D eigenvalue weighted by Crippen LogP contribution is 2.39. The van der Waals surface area contributed by atoms with Gasteiger partial charge >= 0.3 is 0 Å². The third kappa shape index (κ3) is 5.82. The van der Waals surface area contributed by atoms with E-state index < -0.39 is 5.92 Å². The second-order valence-electron chi connectivity index (χ2n) is 9.70. The summed E-state index contributed by atoms with van der Waals surface area (Å²) in [7, 11) is 0. The van der Waals surface area contributed by atoms with Gasteiger partial charge in [-0.1, -0.05) is 12.6 Å². The number of benzene rings is 1. The minimum Gasteiger partial charge on any atom is -0.507 e. The molecule has 1 amide bonds. The van der Waals surface area contributed by atoms with Gasteiger partial charge in [-0.2, -0.15) is 8.78 Å². The number of piperidine rings is 1. The molecule has 0 bridgehead atoms. The first kappa shape index (κ1) is 26.0. The SMILES string of the molecule is C=C(C)C(F)(F)c1ccc(-c2nnc(N[C@@H]3CCCN(CC(=O)N4CCNCC4)C3)cc2C)c(O)c1. The van der Waals surface area contributed by atoms with Crippen LogP contribution in [0.1, 0.15) is 30.9 Å². The summed E-state index contributed by atoms with van der Waals surface area (Å²) in [5, 5.41) is 25.7. The number of rotatable bonds is 7. The molecule has 3 N–H and O–H groups in total. The average Bonchev–Trinajstić information content (AvgIpc) is 2.85. The van der Waals surface area contributed by atoms with Gasteiger partial charge in [-0.15, -0.1) is 10.2 Å². The number of likely N-dealkylation sites (tertiary alicyclic amines) is 1. The number of carbonyl (C=O) groups excluding carboxylic acids is 1. The summed E-state index contributed by atoms with van der Waals surface area (Å²) < 4.78 is 28.5. The molecule has 0 spiro atoms. The van der Waals surface area contributed by atoms with Crippen molar-refractivity contribution in [3.8, 4) is 17.0 Å². The quantitative estimate of drug-likeness (QED) is 0.503. The Morgan fingerprint density at radius 3 is 2.67 bits per heavy atom. The van der Waals surface area contributed by atoms with E-state index >= 15 is 0 Å². The Morgan fingerprint density at radius 1 is 1.25 bits per heavy atom. The van der Waals surface area contributed by atoms with Crippen LogP contribution in [0.25, 0.3) is 11.3 Å². The second-order valence-corrected chi connectivity index (χ2v) is 9.70. The standard InChI is InChI=1S/C26H34F2N6O2/c1-17(2)26(27,28)19-6-7-21(22(35)14-19)25-18(3)13-23(31-32-25)30-20-5-4-10-33(15-20)16-24(36)34-11-8-29-9-12-34/h6-7,13-14,20,29,35H,1,4-5,8-12,15-16H2,2-3H3,(H,30,31)/t20-/m1/s1. The number of aromatic hydroxyl groups is 1. The monoisotopic (exact) mass is 500 g/mol. The first-order valence-electron chi connectivity index (χ1n) is 12.3. The van der Waals surface area contributed by atoms with Crippen molar-refractivity contribution in [1.29, 1.82) is 0 Å². The normalized spacial score (nSPS) is 19.2. The molecule has 36 heavy (non-hydrogen) atoms. The van der Waals surface area contributed by atoms with Gasteiger partial charge in [0.1, 0.15) is 11.6 Å². The van der Waals surface area contributed by atoms with E-state index in [-0.39, 0.29) is 28.8 Å². The molecule has 2 fully saturated rings. The number of amides is 1. The second kappa shape index (κ2) is 10.9. The average molecular weight is 501 g/mol. The molecule has 2 aromatic rings.